The largest absolute Gasteiger partial charge is 0.508 e. The Kier molecular flexibility index (Phi) is 9.92. The van der Waals surface area contributed by atoms with Gasteiger partial charge in [-0.2, -0.15) is 0 Å². The molecule has 36 heavy (non-hydrogen) atoms. The highest BCUT2D eigenvalue weighted by atomic mass is 16.4. The monoisotopic (exact) mass is 504 g/mol. The molecule has 194 valence electrons. The fraction of sp³-hybridized carbons (Fsp3) is 0.364. The summed E-state index contributed by atoms with van der Waals surface area (Å²) in [6.45, 7) is 1.27. The van der Waals surface area contributed by atoms with Crippen LogP contribution in [0.4, 0.5) is 0 Å². The molecule has 0 saturated carbocycles. The van der Waals surface area contributed by atoms with Gasteiger partial charge in [-0.1, -0.05) is 12.1 Å². The lowest BCUT2D eigenvalue weighted by atomic mass is 10.1. The molecule has 3 amide bonds. The summed E-state index contributed by atoms with van der Waals surface area (Å²) in [6.07, 6.45) is 2.05. The van der Waals surface area contributed by atoms with Crippen LogP contribution >= 0.6 is 0 Å². The third-order valence-electron chi connectivity index (χ3n) is 5.09. The fourth-order valence-corrected chi connectivity index (χ4v) is 3.13. The summed E-state index contributed by atoms with van der Waals surface area (Å²) < 4.78 is 0. The van der Waals surface area contributed by atoms with Crippen LogP contribution in [0.5, 0.6) is 5.75 Å². The average molecular weight is 505 g/mol. The predicted octanol–water partition coefficient (Wildman–Crippen LogP) is -1.74. The molecule has 0 radical (unpaired) electrons. The van der Waals surface area contributed by atoms with E-state index in [2.05, 4.69) is 25.9 Å². The van der Waals surface area contributed by atoms with Gasteiger partial charge in [-0.3, -0.25) is 19.2 Å². The first-order chi connectivity index (χ1) is 17.0. The minimum absolute atomic E-state index is 0.00346. The van der Waals surface area contributed by atoms with Gasteiger partial charge in [-0.15, -0.1) is 0 Å². The molecule has 9 N–H and O–H groups in total. The summed E-state index contributed by atoms with van der Waals surface area (Å²) in [5.74, 6) is -5.30. The van der Waals surface area contributed by atoms with E-state index in [4.69, 9.17) is 10.8 Å². The summed E-state index contributed by atoms with van der Waals surface area (Å²) in [4.78, 5) is 67.0. The number of aromatic nitrogens is 2. The van der Waals surface area contributed by atoms with Gasteiger partial charge in [0.15, 0.2) is 0 Å². The highest BCUT2D eigenvalue weighted by molar-refractivity contribution is 5.95. The van der Waals surface area contributed by atoms with Crippen molar-refractivity contribution in [3.63, 3.8) is 0 Å². The van der Waals surface area contributed by atoms with Crippen molar-refractivity contribution in [2.75, 3.05) is 0 Å². The van der Waals surface area contributed by atoms with Crippen LogP contribution in [-0.2, 0) is 36.8 Å². The minimum atomic E-state index is -1.54. The molecule has 1 aromatic heterocycles. The number of imidazole rings is 1. The molecule has 0 aliphatic carbocycles. The number of rotatable bonds is 13. The lowest BCUT2D eigenvalue weighted by molar-refractivity contribution is -0.143. The van der Waals surface area contributed by atoms with E-state index in [1.54, 1.807) is 0 Å². The van der Waals surface area contributed by atoms with Crippen LogP contribution in [0.25, 0.3) is 0 Å². The summed E-state index contributed by atoms with van der Waals surface area (Å²) in [5, 5.41) is 34.8. The van der Waals surface area contributed by atoms with Crippen molar-refractivity contribution < 1.29 is 39.3 Å². The number of phenolic OH excluding ortho intramolecular Hbond substituents is 1. The van der Waals surface area contributed by atoms with Crippen molar-refractivity contribution in [1.29, 1.82) is 0 Å². The molecular formula is C22H28N6O8. The van der Waals surface area contributed by atoms with Crippen LogP contribution in [0.1, 0.15) is 24.6 Å². The van der Waals surface area contributed by atoms with E-state index in [1.807, 2.05) is 0 Å². The second-order valence-electron chi connectivity index (χ2n) is 8.05. The first-order valence-electron chi connectivity index (χ1n) is 10.8. The van der Waals surface area contributed by atoms with Gasteiger partial charge in [-0.05, 0) is 24.6 Å². The molecule has 0 fully saturated rings. The summed E-state index contributed by atoms with van der Waals surface area (Å²) in [6, 6.07) is 0.504. The highest BCUT2D eigenvalue weighted by Gasteiger charge is 2.30. The number of carboxylic acids is 2. The van der Waals surface area contributed by atoms with Crippen molar-refractivity contribution >= 4 is 29.7 Å². The number of aromatic hydroxyl groups is 1. The number of nitrogens with one attached hydrogen (secondary N) is 4. The van der Waals surface area contributed by atoms with Gasteiger partial charge in [0.2, 0.25) is 17.7 Å². The first kappa shape index (κ1) is 27.8. The van der Waals surface area contributed by atoms with Gasteiger partial charge in [-0.25, -0.2) is 9.78 Å². The maximum absolute atomic E-state index is 12.6. The SMILES string of the molecule is CC(NC(=O)C(CC(=O)O)NC(=O)C(N)Cc1cnc[nH]1)C(=O)NC(Cc1ccc(O)cc1)C(=O)O. The zero-order chi connectivity index (χ0) is 26.8. The van der Waals surface area contributed by atoms with Crippen LogP contribution < -0.4 is 21.7 Å². The Morgan fingerprint density at radius 1 is 0.944 bits per heavy atom. The molecule has 14 nitrogen and oxygen atoms in total. The molecule has 0 saturated heterocycles. The number of nitrogens with two attached hydrogens (primary N) is 1. The Balaban J connectivity index is 1.98. The molecule has 4 unspecified atom stereocenters. The fourth-order valence-electron chi connectivity index (χ4n) is 3.13. The first-order valence-corrected chi connectivity index (χ1v) is 10.8. The quantitative estimate of drug-likeness (QED) is 0.153. The zero-order valence-electron chi connectivity index (χ0n) is 19.3. The van der Waals surface area contributed by atoms with E-state index in [-0.39, 0.29) is 18.6 Å². The number of aliphatic carboxylic acids is 2. The van der Waals surface area contributed by atoms with E-state index in [9.17, 15) is 34.2 Å². The van der Waals surface area contributed by atoms with Crippen molar-refractivity contribution in [3.05, 3.63) is 48.0 Å². The van der Waals surface area contributed by atoms with Gasteiger partial charge in [0.05, 0.1) is 18.8 Å². The maximum Gasteiger partial charge on any atom is 0.326 e. The van der Waals surface area contributed by atoms with Crippen molar-refractivity contribution in [1.82, 2.24) is 25.9 Å². The molecule has 0 aliphatic heterocycles. The topological polar surface area (TPSA) is 237 Å². The van der Waals surface area contributed by atoms with Crippen LogP contribution in [0.3, 0.4) is 0 Å². The molecule has 0 bridgehead atoms. The van der Waals surface area contributed by atoms with E-state index in [0.29, 0.717) is 11.3 Å². The zero-order valence-corrected chi connectivity index (χ0v) is 19.3. The number of benzene rings is 1. The number of aromatic amines is 1. The van der Waals surface area contributed by atoms with Crippen molar-refractivity contribution in [2.24, 2.45) is 5.73 Å². The van der Waals surface area contributed by atoms with Gasteiger partial charge in [0, 0.05) is 24.7 Å². The Hall–Kier alpha value is -4.46. The number of H-pyrrole nitrogens is 1. The number of hydrogen-bond donors (Lipinski definition) is 8. The van der Waals surface area contributed by atoms with Crippen LogP contribution in [0, 0.1) is 0 Å². The second kappa shape index (κ2) is 12.9. The summed E-state index contributed by atoms with van der Waals surface area (Å²) in [5.41, 5.74) is 6.91. The third kappa shape index (κ3) is 8.72. The van der Waals surface area contributed by atoms with Crippen LogP contribution in [0.15, 0.2) is 36.8 Å². The van der Waals surface area contributed by atoms with Crippen molar-refractivity contribution in [2.45, 2.75) is 50.4 Å². The summed E-state index contributed by atoms with van der Waals surface area (Å²) >= 11 is 0. The lowest BCUT2D eigenvalue weighted by Crippen LogP contribution is -2.57. The summed E-state index contributed by atoms with van der Waals surface area (Å²) in [7, 11) is 0. The molecule has 1 aromatic carbocycles. The Bertz CT molecular complexity index is 1070. The number of phenols is 1. The number of carbonyl (C=O) groups excluding carboxylic acids is 3. The lowest BCUT2D eigenvalue weighted by Gasteiger charge is -2.22. The molecular weight excluding hydrogens is 476 g/mol. The van der Waals surface area contributed by atoms with Gasteiger partial charge in [0.1, 0.15) is 23.9 Å². The molecule has 1 heterocycles. The standard InChI is InChI=1S/C22H28N6O8/c1-11(19(32)28-17(22(35)36)6-12-2-4-14(29)5-3-12)26-21(34)16(8-18(30)31)27-20(33)15(23)7-13-9-24-10-25-13/h2-5,9-11,15-17,29H,6-8,23H2,1H3,(H,24,25)(H,26,34)(H,27,33)(H,28,32)(H,30,31)(H,35,36). The Morgan fingerprint density at radius 2 is 1.58 bits per heavy atom. The second-order valence-corrected chi connectivity index (χ2v) is 8.05. The van der Waals surface area contributed by atoms with E-state index >= 15 is 0 Å². The Labute approximate surface area is 205 Å². The Morgan fingerprint density at radius 3 is 2.14 bits per heavy atom. The van der Waals surface area contributed by atoms with Crippen molar-refractivity contribution in [3.8, 4) is 5.75 Å². The maximum atomic E-state index is 12.6. The number of carbonyl (C=O) groups is 5. The van der Waals surface area contributed by atoms with Crippen LogP contribution in [-0.4, -0.2) is 79.1 Å². The highest BCUT2D eigenvalue weighted by Crippen LogP contribution is 2.11. The van der Waals surface area contributed by atoms with Crippen LogP contribution in [0.2, 0.25) is 0 Å². The van der Waals surface area contributed by atoms with E-state index < -0.39 is 60.2 Å². The van der Waals surface area contributed by atoms with E-state index in [1.165, 1.54) is 43.7 Å². The average Bonchev–Trinajstić information content (AvgIpc) is 3.31. The number of carboxylic acid groups (broad SMARTS) is 2. The molecule has 0 aliphatic rings. The van der Waals surface area contributed by atoms with Gasteiger partial charge in [0.25, 0.3) is 0 Å². The molecule has 2 rings (SSSR count). The normalized spacial score (nSPS) is 14.1. The minimum Gasteiger partial charge on any atom is -0.508 e. The van der Waals surface area contributed by atoms with Gasteiger partial charge >= 0.3 is 11.9 Å². The molecule has 14 heteroatoms. The third-order valence-corrected chi connectivity index (χ3v) is 5.09. The number of amides is 3. The van der Waals surface area contributed by atoms with E-state index in [0.717, 1.165) is 0 Å². The smallest absolute Gasteiger partial charge is 0.326 e. The predicted molar refractivity (Wildman–Crippen MR) is 123 cm³/mol. The molecule has 4 atom stereocenters. The number of hydrogen-bond acceptors (Lipinski definition) is 8. The number of nitrogens with zero attached hydrogens (tertiary/aromatic N) is 1. The van der Waals surface area contributed by atoms with Gasteiger partial charge < -0.3 is 42.0 Å². The molecule has 2 aromatic rings. The molecule has 0 spiro atoms.